The Balaban J connectivity index is 2.02. The van der Waals surface area contributed by atoms with Crippen LogP contribution in [0.4, 0.5) is 0 Å². The van der Waals surface area contributed by atoms with E-state index in [1.165, 1.54) is 24.2 Å². The van der Waals surface area contributed by atoms with Crippen molar-refractivity contribution >= 4 is 11.8 Å². The van der Waals surface area contributed by atoms with E-state index >= 15 is 0 Å². The number of nitrogens with one attached hydrogen (secondary N) is 1. The predicted molar refractivity (Wildman–Crippen MR) is 62.8 cm³/mol. The molecular weight excluding hydrogens is 194 g/mol. The summed E-state index contributed by atoms with van der Waals surface area (Å²) in [5.41, 5.74) is 1.27. The van der Waals surface area contributed by atoms with Gasteiger partial charge in [0.1, 0.15) is 5.76 Å². The molecule has 0 saturated heterocycles. The van der Waals surface area contributed by atoms with Crippen LogP contribution >= 0.6 is 11.8 Å². The SMILES string of the molecule is CNCCCCSCc1occc1C. The van der Waals surface area contributed by atoms with E-state index < -0.39 is 0 Å². The van der Waals surface area contributed by atoms with Gasteiger partial charge < -0.3 is 9.73 Å². The molecule has 0 aliphatic carbocycles. The number of hydrogen-bond acceptors (Lipinski definition) is 3. The van der Waals surface area contributed by atoms with Crippen molar-refractivity contribution in [3.8, 4) is 0 Å². The highest BCUT2D eigenvalue weighted by Crippen LogP contribution is 2.17. The first-order valence-corrected chi connectivity index (χ1v) is 6.25. The Morgan fingerprint density at radius 3 is 2.93 bits per heavy atom. The summed E-state index contributed by atoms with van der Waals surface area (Å²) in [5, 5.41) is 3.15. The molecule has 0 radical (unpaired) electrons. The second-order valence-corrected chi connectivity index (χ2v) is 4.50. The molecule has 1 rings (SSSR count). The molecule has 2 nitrogen and oxygen atoms in total. The van der Waals surface area contributed by atoms with E-state index in [1.54, 1.807) is 6.26 Å². The monoisotopic (exact) mass is 213 g/mol. The molecule has 80 valence electrons. The van der Waals surface area contributed by atoms with E-state index in [0.717, 1.165) is 18.1 Å². The van der Waals surface area contributed by atoms with Gasteiger partial charge in [0.05, 0.1) is 12.0 Å². The zero-order chi connectivity index (χ0) is 10.2. The summed E-state index contributed by atoms with van der Waals surface area (Å²) in [5.74, 6) is 3.36. The molecule has 0 aliphatic heterocycles. The molecule has 0 aromatic carbocycles. The lowest BCUT2D eigenvalue weighted by Gasteiger charge is -2.00. The Bertz CT molecular complexity index is 247. The third kappa shape index (κ3) is 4.20. The smallest absolute Gasteiger partial charge is 0.116 e. The summed E-state index contributed by atoms with van der Waals surface area (Å²) in [4.78, 5) is 0. The molecule has 1 aromatic rings. The third-order valence-electron chi connectivity index (χ3n) is 2.17. The Morgan fingerprint density at radius 2 is 2.29 bits per heavy atom. The fraction of sp³-hybridized carbons (Fsp3) is 0.636. The van der Waals surface area contributed by atoms with Gasteiger partial charge in [0.15, 0.2) is 0 Å². The third-order valence-corrected chi connectivity index (χ3v) is 3.21. The van der Waals surface area contributed by atoms with Crippen molar-refractivity contribution in [2.75, 3.05) is 19.3 Å². The van der Waals surface area contributed by atoms with Gasteiger partial charge in [-0.25, -0.2) is 0 Å². The van der Waals surface area contributed by atoms with Crippen LogP contribution in [0, 0.1) is 6.92 Å². The molecule has 0 amide bonds. The molecule has 1 N–H and O–H groups in total. The Morgan fingerprint density at radius 1 is 1.43 bits per heavy atom. The first kappa shape index (κ1) is 11.7. The van der Waals surface area contributed by atoms with Gasteiger partial charge in [-0.1, -0.05) is 0 Å². The van der Waals surface area contributed by atoms with Crippen molar-refractivity contribution < 1.29 is 4.42 Å². The van der Waals surface area contributed by atoms with Gasteiger partial charge in [-0.05, 0) is 50.7 Å². The average molecular weight is 213 g/mol. The first-order chi connectivity index (χ1) is 6.84. The fourth-order valence-corrected chi connectivity index (χ4v) is 2.26. The van der Waals surface area contributed by atoms with Crippen molar-refractivity contribution in [3.63, 3.8) is 0 Å². The van der Waals surface area contributed by atoms with Gasteiger partial charge in [-0.2, -0.15) is 11.8 Å². The summed E-state index contributed by atoms with van der Waals surface area (Å²) in [6.45, 7) is 3.22. The van der Waals surface area contributed by atoms with Crippen molar-refractivity contribution in [1.29, 1.82) is 0 Å². The Labute approximate surface area is 90.5 Å². The van der Waals surface area contributed by atoms with E-state index in [2.05, 4.69) is 12.2 Å². The van der Waals surface area contributed by atoms with Crippen LogP contribution in [-0.4, -0.2) is 19.3 Å². The molecule has 0 unspecified atom stereocenters. The van der Waals surface area contributed by atoms with Crippen LogP contribution in [0.15, 0.2) is 16.7 Å². The number of hydrogen-bond donors (Lipinski definition) is 1. The summed E-state index contributed by atoms with van der Waals surface area (Å²) in [7, 11) is 2.00. The molecule has 0 aliphatic rings. The molecule has 0 atom stereocenters. The number of furan rings is 1. The highest BCUT2D eigenvalue weighted by molar-refractivity contribution is 7.98. The topological polar surface area (TPSA) is 25.2 Å². The van der Waals surface area contributed by atoms with Crippen LogP contribution in [0.5, 0.6) is 0 Å². The van der Waals surface area contributed by atoms with Crippen molar-refractivity contribution in [2.24, 2.45) is 0 Å². The number of rotatable bonds is 7. The predicted octanol–water partition coefficient (Wildman–Crippen LogP) is 2.82. The maximum Gasteiger partial charge on any atom is 0.116 e. The quantitative estimate of drug-likeness (QED) is 0.705. The minimum absolute atomic E-state index is 1.01. The van der Waals surface area contributed by atoms with Crippen molar-refractivity contribution in [1.82, 2.24) is 5.32 Å². The molecule has 0 spiro atoms. The summed E-state index contributed by atoms with van der Waals surface area (Å²) >= 11 is 1.95. The van der Waals surface area contributed by atoms with Gasteiger partial charge in [-0.3, -0.25) is 0 Å². The van der Waals surface area contributed by atoms with Crippen LogP contribution in [0.2, 0.25) is 0 Å². The fourth-order valence-electron chi connectivity index (χ4n) is 1.22. The molecule has 0 bridgehead atoms. The van der Waals surface area contributed by atoms with E-state index in [0.29, 0.717) is 0 Å². The lowest BCUT2D eigenvalue weighted by Crippen LogP contribution is -2.07. The summed E-state index contributed by atoms with van der Waals surface area (Å²) in [6.07, 6.45) is 4.32. The maximum atomic E-state index is 5.36. The average Bonchev–Trinajstić information content (AvgIpc) is 2.58. The number of aryl methyl sites for hydroxylation is 1. The second-order valence-electron chi connectivity index (χ2n) is 3.39. The summed E-state index contributed by atoms with van der Waals surface area (Å²) in [6, 6.07) is 2.02. The number of unbranched alkanes of at least 4 members (excludes halogenated alkanes) is 1. The van der Waals surface area contributed by atoms with Crippen LogP contribution in [0.1, 0.15) is 24.2 Å². The van der Waals surface area contributed by atoms with Crippen molar-refractivity contribution in [3.05, 3.63) is 23.7 Å². The first-order valence-electron chi connectivity index (χ1n) is 5.10. The van der Waals surface area contributed by atoms with Crippen LogP contribution < -0.4 is 5.32 Å². The second kappa shape index (κ2) is 6.96. The van der Waals surface area contributed by atoms with E-state index in [1.807, 2.05) is 24.9 Å². The van der Waals surface area contributed by atoms with Gasteiger partial charge >= 0.3 is 0 Å². The highest BCUT2D eigenvalue weighted by Gasteiger charge is 2.00. The van der Waals surface area contributed by atoms with Gasteiger partial charge in [0, 0.05) is 0 Å². The molecule has 1 aromatic heterocycles. The largest absolute Gasteiger partial charge is 0.468 e. The zero-order valence-electron chi connectivity index (χ0n) is 9.01. The Kier molecular flexibility index (Phi) is 5.80. The summed E-state index contributed by atoms with van der Waals surface area (Å²) < 4.78 is 5.36. The highest BCUT2D eigenvalue weighted by atomic mass is 32.2. The molecule has 0 fully saturated rings. The Hall–Kier alpha value is -0.410. The van der Waals surface area contributed by atoms with Crippen LogP contribution in [0.3, 0.4) is 0 Å². The van der Waals surface area contributed by atoms with Crippen LogP contribution in [0.25, 0.3) is 0 Å². The zero-order valence-corrected chi connectivity index (χ0v) is 9.82. The molecule has 1 heterocycles. The van der Waals surface area contributed by atoms with Gasteiger partial charge in [0.25, 0.3) is 0 Å². The molecular formula is C11H19NOS. The van der Waals surface area contributed by atoms with Gasteiger partial charge in [0.2, 0.25) is 0 Å². The standard InChI is InChI=1S/C11H19NOS/c1-10-5-7-13-11(10)9-14-8-4-3-6-12-2/h5,7,12H,3-4,6,8-9H2,1-2H3. The number of thioether (sulfide) groups is 1. The van der Waals surface area contributed by atoms with E-state index in [-0.39, 0.29) is 0 Å². The molecule has 14 heavy (non-hydrogen) atoms. The lowest BCUT2D eigenvalue weighted by molar-refractivity contribution is 0.528. The molecule has 0 saturated carbocycles. The lowest BCUT2D eigenvalue weighted by atomic mass is 10.3. The van der Waals surface area contributed by atoms with E-state index in [4.69, 9.17) is 4.42 Å². The van der Waals surface area contributed by atoms with Gasteiger partial charge in [-0.15, -0.1) is 0 Å². The van der Waals surface area contributed by atoms with E-state index in [9.17, 15) is 0 Å². The van der Waals surface area contributed by atoms with Crippen molar-refractivity contribution in [2.45, 2.75) is 25.5 Å². The normalized spacial score (nSPS) is 10.7. The van der Waals surface area contributed by atoms with Crippen LogP contribution in [-0.2, 0) is 5.75 Å². The minimum atomic E-state index is 1.01. The molecule has 3 heteroatoms. The minimum Gasteiger partial charge on any atom is -0.468 e. The maximum absolute atomic E-state index is 5.36.